The third-order valence-corrected chi connectivity index (χ3v) is 2.75. The standard InChI is InChI=1S/C12H17N3O2/c13-8-11(17)12-9-4-1-2-5-10(9)14-15(12)6-3-7-16/h1-2,4-5,11,16-17H,3,6-8,13H2. The van der Waals surface area contributed by atoms with Crippen molar-refractivity contribution in [2.24, 2.45) is 5.73 Å². The highest BCUT2D eigenvalue weighted by Gasteiger charge is 2.16. The van der Waals surface area contributed by atoms with E-state index in [1.165, 1.54) is 0 Å². The third-order valence-electron chi connectivity index (χ3n) is 2.75. The van der Waals surface area contributed by atoms with Crippen LogP contribution in [0.1, 0.15) is 18.2 Å². The summed E-state index contributed by atoms with van der Waals surface area (Å²) in [4.78, 5) is 0. The van der Waals surface area contributed by atoms with E-state index in [0.717, 1.165) is 16.6 Å². The number of aliphatic hydroxyl groups excluding tert-OH is 2. The Bertz CT molecular complexity index is 495. The van der Waals surface area contributed by atoms with Gasteiger partial charge in [0.2, 0.25) is 0 Å². The maximum atomic E-state index is 9.95. The van der Waals surface area contributed by atoms with Crippen molar-refractivity contribution in [1.82, 2.24) is 9.78 Å². The zero-order valence-electron chi connectivity index (χ0n) is 9.58. The highest BCUT2D eigenvalue weighted by molar-refractivity contribution is 5.81. The van der Waals surface area contributed by atoms with Crippen molar-refractivity contribution in [3.8, 4) is 0 Å². The fourth-order valence-corrected chi connectivity index (χ4v) is 1.95. The Balaban J connectivity index is 2.49. The normalized spacial score (nSPS) is 13.1. The van der Waals surface area contributed by atoms with E-state index in [-0.39, 0.29) is 13.2 Å². The number of hydrogen-bond donors (Lipinski definition) is 3. The van der Waals surface area contributed by atoms with Gasteiger partial charge in [-0.3, -0.25) is 4.68 Å². The van der Waals surface area contributed by atoms with E-state index in [1.54, 1.807) is 4.68 Å². The number of aryl methyl sites for hydroxylation is 1. The Kier molecular flexibility index (Phi) is 3.73. The molecule has 1 heterocycles. The highest BCUT2D eigenvalue weighted by Crippen LogP contribution is 2.23. The second kappa shape index (κ2) is 5.27. The first-order valence-electron chi connectivity index (χ1n) is 5.72. The fourth-order valence-electron chi connectivity index (χ4n) is 1.95. The lowest BCUT2D eigenvalue weighted by molar-refractivity contribution is 0.174. The van der Waals surface area contributed by atoms with Crippen LogP contribution < -0.4 is 5.73 Å². The molecule has 0 fully saturated rings. The maximum Gasteiger partial charge on any atom is 0.108 e. The molecule has 5 nitrogen and oxygen atoms in total. The Morgan fingerprint density at radius 1 is 1.35 bits per heavy atom. The van der Waals surface area contributed by atoms with Gasteiger partial charge in [0.05, 0.1) is 11.2 Å². The second-order valence-corrected chi connectivity index (χ2v) is 3.95. The predicted octanol–water partition coefficient (Wildman–Crippen LogP) is 0.411. The lowest BCUT2D eigenvalue weighted by Gasteiger charge is -2.11. The van der Waals surface area contributed by atoms with Crippen molar-refractivity contribution in [1.29, 1.82) is 0 Å². The van der Waals surface area contributed by atoms with Crippen LogP contribution in [-0.2, 0) is 6.54 Å². The maximum absolute atomic E-state index is 9.95. The summed E-state index contributed by atoms with van der Waals surface area (Å²) in [7, 11) is 0. The summed E-state index contributed by atoms with van der Waals surface area (Å²) in [5, 5.41) is 24.1. The summed E-state index contributed by atoms with van der Waals surface area (Å²) in [5.74, 6) is 0. The minimum absolute atomic E-state index is 0.106. The molecule has 17 heavy (non-hydrogen) atoms. The van der Waals surface area contributed by atoms with Crippen molar-refractivity contribution >= 4 is 10.9 Å². The van der Waals surface area contributed by atoms with E-state index >= 15 is 0 Å². The summed E-state index contributed by atoms with van der Waals surface area (Å²) in [6.45, 7) is 0.848. The molecule has 0 spiro atoms. The first-order valence-corrected chi connectivity index (χ1v) is 5.72. The van der Waals surface area contributed by atoms with Crippen LogP contribution in [0.3, 0.4) is 0 Å². The SMILES string of the molecule is NCC(O)c1c2ccccc2nn1CCCO. The minimum Gasteiger partial charge on any atom is -0.396 e. The first kappa shape index (κ1) is 12.0. The first-order chi connectivity index (χ1) is 8.27. The molecule has 92 valence electrons. The molecule has 1 unspecified atom stereocenters. The van der Waals surface area contributed by atoms with Crippen molar-refractivity contribution in [3.05, 3.63) is 30.0 Å². The van der Waals surface area contributed by atoms with E-state index in [9.17, 15) is 5.11 Å². The zero-order valence-corrected chi connectivity index (χ0v) is 9.58. The molecule has 1 aromatic carbocycles. The van der Waals surface area contributed by atoms with E-state index in [0.29, 0.717) is 13.0 Å². The van der Waals surface area contributed by atoms with Crippen LogP contribution >= 0.6 is 0 Å². The molecular formula is C12H17N3O2. The van der Waals surface area contributed by atoms with Gasteiger partial charge >= 0.3 is 0 Å². The van der Waals surface area contributed by atoms with Crippen LogP contribution in [0.15, 0.2) is 24.3 Å². The number of nitrogens with two attached hydrogens (primary N) is 1. The van der Waals surface area contributed by atoms with Gasteiger partial charge in [-0.05, 0) is 12.5 Å². The molecule has 2 aromatic rings. The number of aliphatic hydroxyl groups is 2. The Labute approximate surface area is 99.5 Å². The monoisotopic (exact) mass is 235 g/mol. The number of hydrogen-bond acceptors (Lipinski definition) is 4. The fraction of sp³-hybridized carbons (Fsp3) is 0.417. The van der Waals surface area contributed by atoms with Gasteiger partial charge in [0.1, 0.15) is 6.10 Å². The molecule has 2 rings (SSSR count). The van der Waals surface area contributed by atoms with Gasteiger partial charge in [-0.15, -0.1) is 0 Å². The van der Waals surface area contributed by atoms with Gasteiger partial charge in [-0.25, -0.2) is 0 Å². The van der Waals surface area contributed by atoms with Gasteiger partial charge in [0.25, 0.3) is 0 Å². The molecule has 0 bridgehead atoms. The lowest BCUT2D eigenvalue weighted by Crippen LogP contribution is -2.17. The van der Waals surface area contributed by atoms with E-state index in [4.69, 9.17) is 10.8 Å². The molecule has 0 amide bonds. The van der Waals surface area contributed by atoms with Crippen molar-refractivity contribution in [3.63, 3.8) is 0 Å². The summed E-state index contributed by atoms with van der Waals surface area (Å²) in [5.41, 5.74) is 7.08. The number of fused-ring (bicyclic) bond motifs is 1. The quantitative estimate of drug-likeness (QED) is 0.701. The highest BCUT2D eigenvalue weighted by atomic mass is 16.3. The molecule has 5 heteroatoms. The minimum atomic E-state index is -0.721. The van der Waals surface area contributed by atoms with Gasteiger partial charge in [-0.1, -0.05) is 18.2 Å². The molecule has 0 saturated carbocycles. The van der Waals surface area contributed by atoms with Crippen molar-refractivity contribution in [2.75, 3.05) is 13.2 Å². The number of rotatable bonds is 5. The second-order valence-electron chi connectivity index (χ2n) is 3.95. The molecule has 1 atom stereocenters. The number of aromatic nitrogens is 2. The molecular weight excluding hydrogens is 218 g/mol. The Morgan fingerprint density at radius 2 is 2.12 bits per heavy atom. The van der Waals surface area contributed by atoms with Crippen LogP contribution in [0.2, 0.25) is 0 Å². The third kappa shape index (κ3) is 2.31. The average molecular weight is 235 g/mol. The van der Waals surface area contributed by atoms with E-state index in [1.807, 2.05) is 24.3 Å². The Morgan fingerprint density at radius 3 is 2.82 bits per heavy atom. The molecule has 1 aromatic heterocycles. The van der Waals surface area contributed by atoms with Gasteiger partial charge in [0, 0.05) is 25.1 Å². The molecule has 0 saturated heterocycles. The van der Waals surface area contributed by atoms with Crippen LogP contribution in [0.4, 0.5) is 0 Å². The molecule has 0 radical (unpaired) electrons. The zero-order chi connectivity index (χ0) is 12.3. The summed E-state index contributed by atoms with van der Waals surface area (Å²) >= 11 is 0. The van der Waals surface area contributed by atoms with Crippen LogP contribution in [0, 0.1) is 0 Å². The van der Waals surface area contributed by atoms with Gasteiger partial charge in [0.15, 0.2) is 0 Å². The number of benzene rings is 1. The van der Waals surface area contributed by atoms with Crippen LogP contribution in [-0.4, -0.2) is 33.1 Å². The van der Waals surface area contributed by atoms with Crippen molar-refractivity contribution < 1.29 is 10.2 Å². The van der Waals surface area contributed by atoms with Crippen LogP contribution in [0.5, 0.6) is 0 Å². The number of nitrogens with zero attached hydrogens (tertiary/aromatic N) is 2. The van der Waals surface area contributed by atoms with E-state index in [2.05, 4.69) is 5.10 Å². The predicted molar refractivity (Wildman–Crippen MR) is 65.5 cm³/mol. The molecule has 0 aliphatic rings. The molecule has 0 aliphatic carbocycles. The van der Waals surface area contributed by atoms with Crippen molar-refractivity contribution in [2.45, 2.75) is 19.1 Å². The summed E-state index contributed by atoms with van der Waals surface area (Å²) in [6.07, 6.45) is -0.112. The van der Waals surface area contributed by atoms with Gasteiger partial charge < -0.3 is 15.9 Å². The summed E-state index contributed by atoms with van der Waals surface area (Å²) < 4.78 is 1.73. The van der Waals surface area contributed by atoms with E-state index < -0.39 is 6.10 Å². The van der Waals surface area contributed by atoms with Gasteiger partial charge in [-0.2, -0.15) is 5.10 Å². The average Bonchev–Trinajstić information content (AvgIpc) is 2.73. The lowest BCUT2D eigenvalue weighted by atomic mass is 10.1. The molecule has 0 aliphatic heterocycles. The Hall–Kier alpha value is -1.43. The topological polar surface area (TPSA) is 84.3 Å². The molecule has 4 N–H and O–H groups in total. The summed E-state index contributed by atoms with van der Waals surface area (Å²) in [6, 6.07) is 7.64. The largest absolute Gasteiger partial charge is 0.396 e. The van der Waals surface area contributed by atoms with Crippen LogP contribution in [0.25, 0.3) is 10.9 Å². The smallest absolute Gasteiger partial charge is 0.108 e.